The zero-order valence-corrected chi connectivity index (χ0v) is 27.1. The van der Waals surface area contributed by atoms with Crippen LogP contribution in [0, 0.1) is 6.92 Å². The van der Waals surface area contributed by atoms with Crippen molar-refractivity contribution in [1.82, 2.24) is 10.2 Å². The van der Waals surface area contributed by atoms with E-state index < -0.39 is 28.5 Å². The Balaban J connectivity index is 1.81. The molecule has 1 N–H and O–H groups in total. The first-order valence-corrected chi connectivity index (χ1v) is 16.4. The first-order valence-electron chi connectivity index (χ1n) is 13.8. The molecule has 0 radical (unpaired) electrons. The van der Waals surface area contributed by atoms with Crippen LogP contribution >= 0.6 is 27.5 Å². The molecule has 0 bridgehead atoms. The van der Waals surface area contributed by atoms with Crippen LogP contribution in [-0.4, -0.2) is 44.3 Å². The molecule has 2 amide bonds. The predicted molar refractivity (Wildman–Crippen MR) is 174 cm³/mol. The van der Waals surface area contributed by atoms with Crippen LogP contribution in [0.1, 0.15) is 23.6 Å². The van der Waals surface area contributed by atoms with Crippen LogP contribution in [0.4, 0.5) is 5.69 Å². The van der Waals surface area contributed by atoms with Gasteiger partial charge in [-0.05, 0) is 66.9 Å². The molecule has 0 aliphatic carbocycles. The van der Waals surface area contributed by atoms with Gasteiger partial charge in [0.2, 0.25) is 11.8 Å². The lowest BCUT2D eigenvalue weighted by molar-refractivity contribution is -0.140. The Morgan fingerprint density at radius 3 is 2.16 bits per heavy atom. The average molecular weight is 683 g/mol. The number of halogens is 2. The molecule has 0 saturated carbocycles. The summed E-state index contributed by atoms with van der Waals surface area (Å²) in [6, 6.07) is 28.8. The summed E-state index contributed by atoms with van der Waals surface area (Å²) in [6.07, 6.45) is 0.244. The molecule has 0 unspecified atom stereocenters. The summed E-state index contributed by atoms with van der Waals surface area (Å²) < 4.78 is 29.9. The fourth-order valence-electron chi connectivity index (χ4n) is 4.66. The molecule has 7 nitrogen and oxygen atoms in total. The van der Waals surface area contributed by atoms with Gasteiger partial charge in [0, 0.05) is 29.0 Å². The van der Waals surface area contributed by atoms with E-state index >= 15 is 0 Å². The highest BCUT2D eigenvalue weighted by Gasteiger charge is 2.34. The van der Waals surface area contributed by atoms with Gasteiger partial charge in [0.25, 0.3) is 10.0 Å². The molecule has 0 aliphatic heterocycles. The Bertz CT molecular complexity index is 1670. The second-order valence-electron chi connectivity index (χ2n) is 10.0. The first-order chi connectivity index (χ1) is 20.6. The lowest BCUT2D eigenvalue weighted by atomic mass is 10.0. The third-order valence-corrected chi connectivity index (χ3v) is 9.61. The number of likely N-dealkylation sites (N-methyl/N-ethyl adjacent to an activating group) is 1. The number of carbonyl (C=O) groups excluding carboxylic acids is 2. The molecule has 0 saturated heterocycles. The van der Waals surface area contributed by atoms with Crippen molar-refractivity contribution < 1.29 is 18.0 Å². The fourth-order valence-corrected chi connectivity index (χ4v) is 6.71. The Labute approximate surface area is 266 Å². The largest absolute Gasteiger partial charge is 0.355 e. The summed E-state index contributed by atoms with van der Waals surface area (Å²) in [5.41, 5.74) is 2.66. The van der Waals surface area contributed by atoms with Gasteiger partial charge in [0.15, 0.2) is 0 Å². The van der Waals surface area contributed by atoms with Crippen LogP contribution in [0.25, 0.3) is 0 Å². The quantitative estimate of drug-likeness (QED) is 0.188. The van der Waals surface area contributed by atoms with Crippen molar-refractivity contribution in [1.29, 1.82) is 0 Å². The van der Waals surface area contributed by atoms with Gasteiger partial charge in [-0.2, -0.15) is 0 Å². The second-order valence-corrected chi connectivity index (χ2v) is 13.2. The lowest BCUT2D eigenvalue weighted by Gasteiger charge is -2.34. The van der Waals surface area contributed by atoms with E-state index in [1.54, 1.807) is 30.3 Å². The number of hydrogen-bond acceptors (Lipinski definition) is 4. The molecule has 0 fully saturated rings. The maximum atomic E-state index is 14.4. The van der Waals surface area contributed by atoms with Crippen molar-refractivity contribution in [3.05, 3.63) is 129 Å². The van der Waals surface area contributed by atoms with E-state index in [0.717, 1.165) is 25.5 Å². The SMILES string of the molecule is CCNC(=O)[C@H](Cc1ccccc1)N(Cc1cccc(Br)c1)C(=O)CN(c1ccc(C)c(Cl)c1)S(=O)(=O)c1ccccc1. The molecule has 4 aromatic carbocycles. The van der Waals surface area contributed by atoms with E-state index in [1.165, 1.54) is 23.1 Å². The highest BCUT2D eigenvalue weighted by Crippen LogP contribution is 2.29. The molecule has 4 aromatic rings. The van der Waals surface area contributed by atoms with Crippen LogP contribution in [-0.2, 0) is 32.6 Å². The van der Waals surface area contributed by atoms with Crippen LogP contribution in [0.2, 0.25) is 5.02 Å². The van der Waals surface area contributed by atoms with Crippen molar-refractivity contribution in [2.45, 2.75) is 37.8 Å². The van der Waals surface area contributed by atoms with Crippen molar-refractivity contribution >= 4 is 55.1 Å². The van der Waals surface area contributed by atoms with E-state index in [0.29, 0.717) is 11.6 Å². The first kappa shape index (κ1) is 32.3. The van der Waals surface area contributed by atoms with E-state index in [9.17, 15) is 18.0 Å². The van der Waals surface area contributed by atoms with E-state index in [1.807, 2.05) is 68.4 Å². The van der Waals surface area contributed by atoms with Crippen molar-refractivity contribution in [3.63, 3.8) is 0 Å². The van der Waals surface area contributed by atoms with Gasteiger partial charge in [-0.1, -0.05) is 94.3 Å². The maximum Gasteiger partial charge on any atom is 0.264 e. The minimum atomic E-state index is -4.19. The number of nitrogens with one attached hydrogen (secondary N) is 1. The molecular formula is C33H33BrClN3O4S. The number of carbonyl (C=O) groups is 2. The molecule has 0 spiro atoms. The third-order valence-electron chi connectivity index (χ3n) is 6.92. The second kappa shape index (κ2) is 14.7. The minimum Gasteiger partial charge on any atom is -0.355 e. The summed E-state index contributed by atoms with van der Waals surface area (Å²) in [6.45, 7) is 3.54. The van der Waals surface area contributed by atoms with Crippen LogP contribution < -0.4 is 9.62 Å². The number of hydrogen-bond donors (Lipinski definition) is 1. The molecule has 1 atom stereocenters. The Kier molecular flexibility index (Phi) is 11.0. The van der Waals surface area contributed by atoms with Gasteiger partial charge >= 0.3 is 0 Å². The zero-order valence-electron chi connectivity index (χ0n) is 23.9. The fraction of sp³-hybridized carbons (Fsp3) is 0.212. The lowest BCUT2D eigenvalue weighted by Crippen LogP contribution is -2.53. The van der Waals surface area contributed by atoms with E-state index in [-0.39, 0.29) is 29.5 Å². The number of rotatable bonds is 12. The number of amides is 2. The molecule has 4 rings (SSSR count). The minimum absolute atomic E-state index is 0.0302. The molecular weight excluding hydrogens is 650 g/mol. The van der Waals surface area contributed by atoms with Crippen molar-refractivity contribution in [2.24, 2.45) is 0 Å². The Morgan fingerprint density at radius 1 is 0.884 bits per heavy atom. The highest BCUT2D eigenvalue weighted by atomic mass is 79.9. The molecule has 0 aromatic heterocycles. The van der Waals surface area contributed by atoms with Gasteiger partial charge in [-0.25, -0.2) is 8.42 Å². The molecule has 43 heavy (non-hydrogen) atoms. The summed E-state index contributed by atoms with van der Waals surface area (Å²) in [5.74, 6) is -0.867. The average Bonchev–Trinajstić information content (AvgIpc) is 3.00. The summed E-state index contributed by atoms with van der Waals surface area (Å²) in [7, 11) is -4.19. The normalized spacial score (nSPS) is 11.9. The van der Waals surface area contributed by atoms with Gasteiger partial charge < -0.3 is 10.2 Å². The van der Waals surface area contributed by atoms with Crippen LogP contribution in [0.3, 0.4) is 0 Å². The standard InChI is InChI=1S/C33H33BrClN3O4S/c1-3-36-33(40)31(20-25-11-6-4-7-12-25)37(22-26-13-10-14-27(34)19-26)32(39)23-38(28-18-17-24(2)30(35)21-28)43(41,42)29-15-8-5-9-16-29/h4-19,21,31H,3,20,22-23H2,1-2H3,(H,36,40)/t31-/m0/s1. The van der Waals surface area contributed by atoms with Gasteiger partial charge in [0.05, 0.1) is 10.6 Å². The van der Waals surface area contributed by atoms with Crippen molar-refractivity contribution in [3.8, 4) is 0 Å². The number of sulfonamides is 1. The third kappa shape index (κ3) is 8.25. The predicted octanol–water partition coefficient (Wildman–Crippen LogP) is 6.38. The van der Waals surface area contributed by atoms with E-state index in [4.69, 9.17) is 11.6 Å². The zero-order chi connectivity index (χ0) is 31.0. The monoisotopic (exact) mass is 681 g/mol. The summed E-state index contributed by atoms with van der Waals surface area (Å²) in [5, 5.41) is 3.23. The van der Waals surface area contributed by atoms with Crippen molar-refractivity contribution in [2.75, 3.05) is 17.4 Å². The Hall–Kier alpha value is -3.66. The van der Waals surface area contributed by atoms with Gasteiger partial charge in [-0.15, -0.1) is 0 Å². The van der Waals surface area contributed by atoms with Crippen LogP contribution in [0.5, 0.6) is 0 Å². The van der Waals surface area contributed by atoms with Gasteiger partial charge in [0.1, 0.15) is 12.6 Å². The number of benzene rings is 4. The molecule has 224 valence electrons. The number of anilines is 1. The summed E-state index contributed by atoms with van der Waals surface area (Å²) in [4.78, 5) is 29.4. The molecule has 0 heterocycles. The molecule has 0 aliphatic rings. The van der Waals surface area contributed by atoms with Crippen LogP contribution in [0.15, 0.2) is 112 Å². The highest BCUT2D eigenvalue weighted by molar-refractivity contribution is 9.10. The number of nitrogens with zero attached hydrogens (tertiary/aromatic N) is 2. The smallest absolute Gasteiger partial charge is 0.264 e. The molecule has 10 heteroatoms. The topological polar surface area (TPSA) is 86.8 Å². The number of aryl methyl sites for hydroxylation is 1. The van der Waals surface area contributed by atoms with E-state index in [2.05, 4.69) is 21.2 Å². The van der Waals surface area contributed by atoms with Gasteiger partial charge in [-0.3, -0.25) is 13.9 Å². The summed E-state index contributed by atoms with van der Waals surface area (Å²) >= 11 is 9.90. The Morgan fingerprint density at radius 2 is 1.53 bits per heavy atom. The maximum absolute atomic E-state index is 14.4.